The van der Waals surface area contributed by atoms with E-state index in [1.165, 1.54) is 37.9 Å². The Kier molecular flexibility index (Phi) is 5.70. The lowest BCUT2D eigenvalue weighted by atomic mass is 10.1. The van der Waals surface area contributed by atoms with E-state index in [4.69, 9.17) is 0 Å². The second-order valence-electron chi connectivity index (χ2n) is 6.18. The van der Waals surface area contributed by atoms with Crippen molar-refractivity contribution in [1.82, 2.24) is 0 Å². The number of nitrogens with zero attached hydrogens (tertiary/aromatic N) is 1. The van der Waals surface area contributed by atoms with Crippen LogP contribution in [0.2, 0.25) is 0 Å². The Balaban J connectivity index is 2.20. The van der Waals surface area contributed by atoms with E-state index >= 15 is 0 Å². The van der Waals surface area contributed by atoms with Crippen LogP contribution in [0.5, 0.6) is 0 Å². The van der Waals surface area contributed by atoms with Crippen LogP contribution in [0.4, 0.5) is 0 Å². The fourth-order valence-corrected chi connectivity index (χ4v) is 2.59. The Hall–Kier alpha value is -0.820. The van der Waals surface area contributed by atoms with Gasteiger partial charge in [-0.15, -0.1) is 0 Å². The van der Waals surface area contributed by atoms with Crippen molar-refractivity contribution in [3.63, 3.8) is 0 Å². The molecule has 1 nitrogen and oxygen atoms in total. The van der Waals surface area contributed by atoms with Crippen LogP contribution in [0.1, 0.15) is 32.3 Å². The van der Waals surface area contributed by atoms with Crippen LogP contribution in [-0.4, -0.2) is 31.7 Å². The molecule has 0 aromatic heterocycles. The highest BCUT2D eigenvalue weighted by molar-refractivity contribution is 5.14. The summed E-state index contributed by atoms with van der Waals surface area (Å²) < 4.78 is 1.16. The SMILES string of the molecule is CC(C)C[N+](C)(C)CCCCc1ccccc1. The summed E-state index contributed by atoms with van der Waals surface area (Å²) in [6.45, 7) is 7.20. The lowest BCUT2D eigenvalue weighted by molar-refractivity contribution is -0.893. The third kappa shape index (κ3) is 6.48. The third-order valence-corrected chi connectivity index (χ3v) is 3.18. The standard InChI is InChI=1S/C16H28N/c1-15(2)14-17(3,4)13-9-8-12-16-10-6-5-7-11-16/h5-7,10-11,15H,8-9,12-14H2,1-4H3/q+1. The molecular formula is C16H28N+. The molecule has 1 aromatic carbocycles. The van der Waals surface area contributed by atoms with E-state index in [9.17, 15) is 0 Å². The van der Waals surface area contributed by atoms with Gasteiger partial charge in [0.1, 0.15) is 0 Å². The van der Waals surface area contributed by atoms with Crippen molar-refractivity contribution in [1.29, 1.82) is 0 Å². The molecule has 0 fully saturated rings. The van der Waals surface area contributed by atoms with Gasteiger partial charge in [0.25, 0.3) is 0 Å². The molecule has 0 aliphatic rings. The van der Waals surface area contributed by atoms with Gasteiger partial charge in [-0.05, 0) is 24.8 Å². The lowest BCUT2D eigenvalue weighted by Gasteiger charge is -2.31. The van der Waals surface area contributed by atoms with Gasteiger partial charge in [0.05, 0.1) is 27.2 Å². The number of hydrogen-bond donors (Lipinski definition) is 0. The average Bonchev–Trinajstić information content (AvgIpc) is 2.24. The molecule has 0 N–H and O–H groups in total. The number of aryl methyl sites for hydroxylation is 1. The second kappa shape index (κ2) is 6.80. The molecule has 0 saturated heterocycles. The molecule has 0 bridgehead atoms. The zero-order chi connectivity index (χ0) is 12.7. The van der Waals surface area contributed by atoms with Gasteiger partial charge in [-0.2, -0.15) is 0 Å². The topological polar surface area (TPSA) is 0 Å². The molecule has 0 atom stereocenters. The van der Waals surface area contributed by atoms with Gasteiger partial charge in [0.15, 0.2) is 0 Å². The van der Waals surface area contributed by atoms with Gasteiger partial charge >= 0.3 is 0 Å². The third-order valence-electron chi connectivity index (χ3n) is 3.18. The van der Waals surface area contributed by atoms with E-state index < -0.39 is 0 Å². The molecule has 0 unspecified atom stereocenters. The summed E-state index contributed by atoms with van der Waals surface area (Å²) in [4.78, 5) is 0. The molecule has 0 heterocycles. The van der Waals surface area contributed by atoms with E-state index in [0.29, 0.717) is 0 Å². The Bertz CT molecular complexity index is 301. The minimum absolute atomic E-state index is 0.791. The second-order valence-corrected chi connectivity index (χ2v) is 6.18. The molecule has 0 radical (unpaired) electrons. The van der Waals surface area contributed by atoms with E-state index in [2.05, 4.69) is 58.3 Å². The van der Waals surface area contributed by atoms with E-state index in [1.54, 1.807) is 0 Å². The fourth-order valence-electron chi connectivity index (χ4n) is 2.59. The van der Waals surface area contributed by atoms with Crippen LogP contribution in [0.25, 0.3) is 0 Å². The average molecular weight is 234 g/mol. The van der Waals surface area contributed by atoms with E-state index in [1.807, 2.05) is 0 Å². The highest BCUT2D eigenvalue weighted by atomic mass is 15.3. The minimum Gasteiger partial charge on any atom is -0.328 e. The van der Waals surface area contributed by atoms with Gasteiger partial charge in [0, 0.05) is 5.92 Å². The Morgan fingerprint density at radius 2 is 1.65 bits per heavy atom. The molecule has 1 rings (SSSR count). The zero-order valence-electron chi connectivity index (χ0n) is 11.9. The van der Waals surface area contributed by atoms with E-state index in [-0.39, 0.29) is 0 Å². The lowest BCUT2D eigenvalue weighted by Crippen LogP contribution is -2.43. The molecule has 0 saturated carbocycles. The predicted octanol–water partition coefficient (Wildman–Crippen LogP) is 3.74. The summed E-state index contributed by atoms with van der Waals surface area (Å²) in [5.74, 6) is 0.791. The highest BCUT2D eigenvalue weighted by Gasteiger charge is 2.15. The summed E-state index contributed by atoms with van der Waals surface area (Å²) >= 11 is 0. The molecule has 0 aliphatic heterocycles. The van der Waals surface area contributed by atoms with Crippen molar-refractivity contribution in [2.45, 2.75) is 33.1 Å². The Labute approximate surface area is 107 Å². The summed E-state index contributed by atoms with van der Waals surface area (Å²) in [5, 5.41) is 0. The van der Waals surface area contributed by atoms with Gasteiger partial charge in [-0.3, -0.25) is 0 Å². The van der Waals surface area contributed by atoms with Crippen molar-refractivity contribution < 1.29 is 4.48 Å². The van der Waals surface area contributed by atoms with Crippen molar-refractivity contribution in [3.8, 4) is 0 Å². The molecule has 1 heteroatoms. The van der Waals surface area contributed by atoms with Crippen LogP contribution < -0.4 is 0 Å². The zero-order valence-corrected chi connectivity index (χ0v) is 11.9. The normalized spacial score (nSPS) is 12.1. The molecule has 1 aromatic rings. The van der Waals surface area contributed by atoms with Gasteiger partial charge in [0.2, 0.25) is 0 Å². The fraction of sp³-hybridized carbons (Fsp3) is 0.625. The summed E-state index contributed by atoms with van der Waals surface area (Å²) in [6, 6.07) is 10.8. The van der Waals surface area contributed by atoms with Crippen molar-refractivity contribution in [2.24, 2.45) is 5.92 Å². The van der Waals surface area contributed by atoms with E-state index in [0.717, 1.165) is 10.4 Å². The van der Waals surface area contributed by atoms with Crippen LogP contribution >= 0.6 is 0 Å². The maximum atomic E-state index is 2.35. The maximum absolute atomic E-state index is 2.35. The number of rotatable bonds is 7. The molecular weight excluding hydrogens is 206 g/mol. The molecule has 0 spiro atoms. The first kappa shape index (κ1) is 14.2. The van der Waals surface area contributed by atoms with Crippen LogP contribution in [0.15, 0.2) is 30.3 Å². The van der Waals surface area contributed by atoms with Crippen LogP contribution in [-0.2, 0) is 6.42 Å². The number of quaternary nitrogens is 1. The Morgan fingerprint density at radius 1 is 1.00 bits per heavy atom. The smallest absolute Gasteiger partial charge is 0.0805 e. The first-order valence-electron chi connectivity index (χ1n) is 6.85. The number of unbranched alkanes of at least 4 members (excludes halogenated alkanes) is 1. The number of hydrogen-bond acceptors (Lipinski definition) is 0. The molecule has 0 amide bonds. The van der Waals surface area contributed by atoms with Gasteiger partial charge in [-0.25, -0.2) is 0 Å². The highest BCUT2D eigenvalue weighted by Crippen LogP contribution is 2.09. The maximum Gasteiger partial charge on any atom is 0.0805 e. The van der Waals surface area contributed by atoms with Gasteiger partial charge in [-0.1, -0.05) is 44.2 Å². The van der Waals surface area contributed by atoms with Crippen LogP contribution in [0, 0.1) is 5.92 Å². The van der Waals surface area contributed by atoms with Gasteiger partial charge < -0.3 is 4.48 Å². The number of benzene rings is 1. The first-order valence-corrected chi connectivity index (χ1v) is 6.85. The van der Waals surface area contributed by atoms with Crippen molar-refractivity contribution in [3.05, 3.63) is 35.9 Å². The molecule has 96 valence electrons. The summed E-state index contributed by atoms with van der Waals surface area (Å²) in [5.41, 5.74) is 1.47. The summed E-state index contributed by atoms with van der Waals surface area (Å²) in [7, 11) is 4.70. The molecule has 17 heavy (non-hydrogen) atoms. The van der Waals surface area contributed by atoms with Crippen LogP contribution in [0.3, 0.4) is 0 Å². The Morgan fingerprint density at radius 3 is 2.24 bits per heavy atom. The monoisotopic (exact) mass is 234 g/mol. The van der Waals surface area contributed by atoms with Crippen molar-refractivity contribution >= 4 is 0 Å². The largest absolute Gasteiger partial charge is 0.328 e. The first-order chi connectivity index (χ1) is 7.99. The molecule has 0 aliphatic carbocycles. The van der Waals surface area contributed by atoms with Crippen molar-refractivity contribution in [2.75, 3.05) is 27.2 Å². The predicted molar refractivity (Wildman–Crippen MR) is 76.1 cm³/mol. The quantitative estimate of drug-likeness (QED) is 0.498. The summed E-state index contributed by atoms with van der Waals surface area (Å²) in [6.07, 6.45) is 3.86. The minimum atomic E-state index is 0.791.